The van der Waals surface area contributed by atoms with Gasteiger partial charge >= 0.3 is 0 Å². The Hall–Kier alpha value is -1.42. The van der Waals surface area contributed by atoms with E-state index in [1.165, 1.54) is 0 Å². The van der Waals surface area contributed by atoms with Crippen LogP contribution in [0.4, 0.5) is 0 Å². The SMILES string of the molecule is CC(C)c1cc(-n2cnnn2)ccc1Cl. The number of hydrogen-bond donors (Lipinski definition) is 0. The quantitative estimate of drug-likeness (QED) is 0.784. The summed E-state index contributed by atoms with van der Waals surface area (Å²) in [7, 11) is 0. The largest absolute Gasteiger partial charge is 0.201 e. The fourth-order valence-electron chi connectivity index (χ4n) is 1.40. The van der Waals surface area contributed by atoms with Crippen LogP contribution in [0.5, 0.6) is 0 Å². The monoisotopic (exact) mass is 222 g/mol. The van der Waals surface area contributed by atoms with Crippen LogP contribution in [0.2, 0.25) is 5.02 Å². The standard InChI is InChI=1S/C10H11ClN4/c1-7(2)9-5-8(3-4-10(9)11)15-6-12-13-14-15/h3-7H,1-2H3. The van der Waals surface area contributed by atoms with Gasteiger partial charge in [-0.3, -0.25) is 0 Å². The lowest BCUT2D eigenvalue weighted by Gasteiger charge is -2.09. The molecular formula is C10H11ClN4. The van der Waals surface area contributed by atoms with Crippen LogP contribution in [0.1, 0.15) is 25.3 Å². The molecule has 1 heterocycles. The third-order valence-electron chi connectivity index (χ3n) is 2.22. The molecule has 0 N–H and O–H groups in total. The van der Waals surface area contributed by atoms with E-state index in [9.17, 15) is 0 Å². The van der Waals surface area contributed by atoms with Gasteiger partial charge in [-0.25, -0.2) is 4.68 Å². The number of halogens is 1. The Morgan fingerprint density at radius 3 is 2.73 bits per heavy atom. The van der Waals surface area contributed by atoms with Gasteiger partial charge in [0, 0.05) is 5.02 Å². The van der Waals surface area contributed by atoms with Crippen molar-refractivity contribution in [1.29, 1.82) is 0 Å². The summed E-state index contributed by atoms with van der Waals surface area (Å²) in [6.45, 7) is 4.20. The number of hydrogen-bond acceptors (Lipinski definition) is 3. The van der Waals surface area contributed by atoms with E-state index >= 15 is 0 Å². The second kappa shape index (κ2) is 3.98. The third kappa shape index (κ3) is 1.99. The maximum atomic E-state index is 6.09. The summed E-state index contributed by atoms with van der Waals surface area (Å²) >= 11 is 6.09. The molecule has 5 heteroatoms. The minimum Gasteiger partial charge on any atom is -0.201 e. The van der Waals surface area contributed by atoms with Gasteiger partial charge < -0.3 is 0 Å². The van der Waals surface area contributed by atoms with Gasteiger partial charge in [0.1, 0.15) is 6.33 Å². The van der Waals surface area contributed by atoms with Crippen molar-refractivity contribution < 1.29 is 0 Å². The first-order valence-electron chi connectivity index (χ1n) is 4.71. The molecule has 0 spiro atoms. The average Bonchev–Trinajstić information content (AvgIpc) is 2.71. The van der Waals surface area contributed by atoms with Crippen molar-refractivity contribution in [1.82, 2.24) is 20.2 Å². The van der Waals surface area contributed by atoms with Crippen LogP contribution >= 0.6 is 11.6 Å². The molecule has 1 aromatic heterocycles. The van der Waals surface area contributed by atoms with E-state index in [1.54, 1.807) is 11.0 Å². The Morgan fingerprint density at radius 2 is 2.13 bits per heavy atom. The molecule has 0 saturated carbocycles. The summed E-state index contributed by atoms with van der Waals surface area (Å²) < 4.78 is 1.61. The van der Waals surface area contributed by atoms with E-state index in [0.29, 0.717) is 5.92 Å². The van der Waals surface area contributed by atoms with Gasteiger partial charge in [-0.2, -0.15) is 0 Å². The maximum Gasteiger partial charge on any atom is 0.143 e. The number of rotatable bonds is 2. The lowest BCUT2D eigenvalue weighted by atomic mass is 10.0. The van der Waals surface area contributed by atoms with E-state index < -0.39 is 0 Å². The van der Waals surface area contributed by atoms with Gasteiger partial charge in [0.2, 0.25) is 0 Å². The van der Waals surface area contributed by atoms with Crippen molar-refractivity contribution in [2.24, 2.45) is 0 Å². The van der Waals surface area contributed by atoms with Gasteiger partial charge in [-0.1, -0.05) is 25.4 Å². The van der Waals surface area contributed by atoms with Crippen molar-refractivity contribution in [3.63, 3.8) is 0 Å². The molecule has 4 nitrogen and oxygen atoms in total. The smallest absolute Gasteiger partial charge is 0.143 e. The maximum absolute atomic E-state index is 6.09. The Bertz CT molecular complexity index is 450. The Balaban J connectivity index is 2.48. The molecule has 15 heavy (non-hydrogen) atoms. The molecule has 2 rings (SSSR count). The lowest BCUT2D eigenvalue weighted by molar-refractivity contribution is 0.784. The second-order valence-electron chi connectivity index (χ2n) is 3.61. The predicted octanol–water partition coefficient (Wildman–Crippen LogP) is 2.44. The summed E-state index contributed by atoms with van der Waals surface area (Å²) in [5.74, 6) is 0.383. The zero-order chi connectivity index (χ0) is 10.8. The first-order valence-corrected chi connectivity index (χ1v) is 5.09. The van der Waals surface area contributed by atoms with Gasteiger partial charge in [0.15, 0.2) is 0 Å². The minimum atomic E-state index is 0.383. The highest BCUT2D eigenvalue weighted by Gasteiger charge is 2.07. The third-order valence-corrected chi connectivity index (χ3v) is 2.56. The van der Waals surface area contributed by atoms with Crippen molar-refractivity contribution in [2.45, 2.75) is 19.8 Å². The normalized spacial score (nSPS) is 10.9. The van der Waals surface area contributed by atoms with Crippen molar-refractivity contribution in [3.8, 4) is 5.69 Å². The molecule has 0 fully saturated rings. The Kier molecular flexibility index (Phi) is 2.68. The highest BCUT2D eigenvalue weighted by atomic mass is 35.5. The second-order valence-corrected chi connectivity index (χ2v) is 4.02. The van der Waals surface area contributed by atoms with E-state index in [4.69, 9.17) is 11.6 Å². The molecule has 0 bridgehead atoms. The fraction of sp³-hybridized carbons (Fsp3) is 0.300. The van der Waals surface area contributed by atoms with Gasteiger partial charge in [0.05, 0.1) is 5.69 Å². The minimum absolute atomic E-state index is 0.383. The van der Waals surface area contributed by atoms with Gasteiger partial charge in [0.25, 0.3) is 0 Å². The summed E-state index contributed by atoms with van der Waals surface area (Å²) in [5.41, 5.74) is 2.03. The van der Waals surface area contributed by atoms with E-state index in [-0.39, 0.29) is 0 Å². The first-order chi connectivity index (χ1) is 7.18. The number of nitrogens with zero attached hydrogens (tertiary/aromatic N) is 4. The number of tetrazole rings is 1. The zero-order valence-electron chi connectivity index (χ0n) is 8.55. The molecule has 0 aliphatic rings. The molecular weight excluding hydrogens is 212 g/mol. The van der Waals surface area contributed by atoms with Crippen molar-refractivity contribution in [2.75, 3.05) is 0 Å². The Morgan fingerprint density at radius 1 is 1.33 bits per heavy atom. The summed E-state index contributed by atoms with van der Waals surface area (Å²) in [6.07, 6.45) is 1.56. The fourth-order valence-corrected chi connectivity index (χ4v) is 1.73. The van der Waals surface area contributed by atoms with Crippen LogP contribution in [0, 0.1) is 0 Å². The summed E-state index contributed by atoms with van der Waals surface area (Å²) in [4.78, 5) is 0. The molecule has 0 aliphatic carbocycles. The van der Waals surface area contributed by atoms with Crippen LogP contribution in [-0.2, 0) is 0 Å². The average molecular weight is 223 g/mol. The van der Waals surface area contributed by atoms with Crippen LogP contribution in [-0.4, -0.2) is 20.2 Å². The van der Waals surface area contributed by atoms with Crippen molar-refractivity contribution in [3.05, 3.63) is 35.1 Å². The van der Waals surface area contributed by atoms with Gasteiger partial charge in [-0.15, -0.1) is 5.10 Å². The summed E-state index contributed by atoms with van der Waals surface area (Å²) in [6, 6.07) is 5.77. The highest BCUT2D eigenvalue weighted by Crippen LogP contribution is 2.26. The lowest BCUT2D eigenvalue weighted by Crippen LogP contribution is -1.98. The summed E-state index contributed by atoms with van der Waals surface area (Å²) in [5, 5.41) is 11.8. The van der Waals surface area contributed by atoms with E-state index in [2.05, 4.69) is 29.4 Å². The molecule has 0 atom stereocenters. The molecule has 78 valence electrons. The van der Waals surface area contributed by atoms with Crippen molar-refractivity contribution >= 4 is 11.6 Å². The Labute approximate surface area is 92.9 Å². The van der Waals surface area contributed by atoms with E-state index in [0.717, 1.165) is 16.3 Å². The van der Waals surface area contributed by atoms with E-state index in [1.807, 2.05) is 18.2 Å². The molecule has 0 amide bonds. The van der Waals surface area contributed by atoms with Crippen LogP contribution < -0.4 is 0 Å². The van der Waals surface area contributed by atoms with Gasteiger partial charge in [-0.05, 0) is 40.1 Å². The van der Waals surface area contributed by atoms with Crippen LogP contribution in [0.15, 0.2) is 24.5 Å². The predicted molar refractivity (Wildman–Crippen MR) is 58.3 cm³/mol. The highest BCUT2D eigenvalue weighted by molar-refractivity contribution is 6.31. The zero-order valence-corrected chi connectivity index (χ0v) is 9.31. The first kappa shape index (κ1) is 10.1. The topological polar surface area (TPSA) is 43.6 Å². The number of benzene rings is 1. The van der Waals surface area contributed by atoms with Crippen LogP contribution in [0.3, 0.4) is 0 Å². The molecule has 0 unspecified atom stereocenters. The molecule has 1 aromatic carbocycles. The number of aromatic nitrogens is 4. The van der Waals surface area contributed by atoms with Crippen LogP contribution in [0.25, 0.3) is 5.69 Å². The molecule has 0 saturated heterocycles. The molecule has 0 aliphatic heterocycles. The molecule has 0 radical (unpaired) electrons. The molecule has 2 aromatic rings.